The van der Waals surface area contributed by atoms with Gasteiger partial charge in [-0.1, -0.05) is 30.3 Å². The Morgan fingerprint density at radius 1 is 1.37 bits per heavy atom. The molecule has 1 aliphatic rings. The van der Waals surface area contributed by atoms with Crippen LogP contribution >= 0.6 is 11.6 Å². The standard InChI is InChI=1S/C13H16ClNO3S/c14-8-12(10-4-2-1-3-5-10)15-13(16)11-6-7-19(17,18)9-11/h1-5,11-12H,6-9H2,(H,15,16). The van der Waals surface area contributed by atoms with Gasteiger partial charge in [-0.25, -0.2) is 8.42 Å². The summed E-state index contributed by atoms with van der Waals surface area (Å²) in [4.78, 5) is 12.0. The van der Waals surface area contributed by atoms with Crippen molar-refractivity contribution in [2.45, 2.75) is 12.5 Å². The summed E-state index contributed by atoms with van der Waals surface area (Å²) < 4.78 is 22.7. The lowest BCUT2D eigenvalue weighted by atomic mass is 10.1. The highest BCUT2D eigenvalue weighted by Crippen LogP contribution is 2.21. The zero-order valence-electron chi connectivity index (χ0n) is 10.4. The summed E-state index contributed by atoms with van der Waals surface area (Å²) in [7, 11) is -3.04. The molecule has 1 amide bonds. The number of benzene rings is 1. The Morgan fingerprint density at radius 3 is 2.58 bits per heavy atom. The lowest BCUT2D eigenvalue weighted by molar-refractivity contribution is -0.124. The first kappa shape index (κ1) is 14.3. The van der Waals surface area contributed by atoms with Crippen molar-refractivity contribution in [2.75, 3.05) is 17.4 Å². The molecule has 0 aliphatic carbocycles. The van der Waals surface area contributed by atoms with Gasteiger partial charge < -0.3 is 5.32 Å². The van der Waals surface area contributed by atoms with E-state index in [1.165, 1.54) is 0 Å². The number of nitrogens with one attached hydrogen (secondary N) is 1. The number of halogens is 1. The highest BCUT2D eigenvalue weighted by molar-refractivity contribution is 7.91. The molecule has 0 aromatic heterocycles. The second kappa shape index (κ2) is 5.92. The SMILES string of the molecule is O=C(NC(CCl)c1ccccc1)C1CCS(=O)(=O)C1. The van der Waals surface area contributed by atoms with Crippen molar-refractivity contribution in [1.82, 2.24) is 5.32 Å². The maximum atomic E-state index is 12.0. The van der Waals surface area contributed by atoms with Crippen molar-refractivity contribution >= 4 is 27.3 Å². The topological polar surface area (TPSA) is 63.2 Å². The van der Waals surface area contributed by atoms with Crippen LogP contribution in [0.3, 0.4) is 0 Å². The van der Waals surface area contributed by atoms with Gasteiger partial charge in [-0.3, -0.25) is 4.79 Å². The number of hydrogen-bond donors (Lipinski definition) is 1. The molecular weight excluding hydrogens is 286 g/mol. The first-order valence-corrected chi connectivity index (χ1v) is 8.49. The summed E-state index contributed by atoms with van der Waals surface area (Å²) in [6.45, 7) is 0. The van der Waals surface area contributed by atoms with Crippen LogP contribution in [-0.4, -0.2) is 31.7 Å². The molecule has 0 bridgehead atoms. The average Bonchev–Trinajstić information content (AvgIpc) is 2.77. The summed E-state index contributed by atoms with van der Waals surface area (Å²) in [5.41, 5.74) is 0.923. The Morgan fingerprint density at radius 2 is 2.05 bits per heavy atom. The first-order chi connectivity index (χ1) is 9.02. The molecule has 4 nitrogen and oxygen atoms in total. The van der Waals surface area contributed by atoms with Gasteiger partial charge in [0.15, 0.2) is 9.84 Å². The third-order valence-corrected chi connectivity index (χ3v) is 5.35. The van der Waals surface area contributed by atoms with E-state index in [1.807, 2.05) is 30.3 Å². The van der Waals surface area contributed by atoms with Crippen LogP contribution in [0.2, 0.25) is 0 Å². The predicted molar refractivity (Wildman–Crippen MR) is 74.8 cm³/mol. The fraction of sp³-hybridized carbons (Fsp3) is 0.462. The zero-order chi connectivity index (χ0) is 13.9. The molecule has 1 aromatic rings. The van der Waals surface area contributed by atoms with E-state index in [2.05, 4.69) is 5.32 Å². The molecule has 2 rings (SSSR count). The second-order valence-electron chi connectivity index (χ2n) is 4.73. The van der Waals surface area contributed by atoms with Crippen molar-refractivity contribution in [3.8, 4) is 0 Å². The van der Waals surface area contributed by atoms with Crippen LogP contribution in [0.4, 0.5) is 0 Å². The van der Waals surface area contributed by atoms with E-state index in [1.54, 1.807) is 0 Å². The first-order valence-electron chi connectivity index (χ1n) is 6.13. The summed E-state index contributed by atoms with van der Waals surface area (Å²) in [5, 5.41) is 2.83. The van der Waals surface area contributed by atoms with E-state index in [-0.39, 0.29) is 29.3 Å². The molecule has 0 spiro atoms. The van der Waals surface area contributed by atoms with Gasteiger partial charge >= 0.3 is 0 Å². The monoisotopic (exact) mass is 301 g/mol. The molecule has 6 heteroatoms. The Hall–Kier alpha value is -1.07. The highest BCUT2D eigenvalue weighted by Gasteiger charge is 2.33. The highest BCUT2D eigenvalue weighted by atomic mass is 35.5. The normalized spacial score (nSPS) is 22.9. The smallest absolute Gasteiger partial charge is 0.224 e. The molecule has 1 N–H and O–H groups in total. The molecule has 1 heterocycles. The fourth-order valence-corrected chi connectivity index (χ4v) is 4.18. The maximum Gasteiger partial charge on any atom is 0.224 e. The molecule has 0 radical (unpaired) electrons. The Kier molecular flexibility index (Phi) is 4.47. The Balaban J connectivity index is 2.02. The van der Waals surface area contributed by atoms with Crippen molar-refractivity contribution in [3.63, 3.8) is 0 Å². The van der Waals surface area contributed by atoms with Crippen LogP contribution in [0.25, 0.3) is 0 Å². The molecule has 1 aromatic carbocycles. The predicted octanol–water partition coefficient (Wildman–Crippen LogP) is 1.52. The molecule has 1 aliphatic heterocycles. The van der Waals surface area contributed by atoms with Gasteiger partial charge in [0, 0.05) is 5.88 Å². The number of alkyl halides is 1. The quantitative estimate of drug-likeness (QED) is 0.858. The lowest BCUT2D eigenvalue weighted by Gasteiger charge is -2.18. The van der Waals surface area contributed by atoms with Crippen LogP contribution < -0.4 is 5.32 Å². The van der Waals surface area contributed by atoms with Gasteiger partial charge in [-0.2, -0.15) is 0 Å². The van der Waals surface area contributed by atoms with Gasteiger partial charge in [-0.15, -0.1) is 11.6 Å². The molecule has 104 valence electrons. The van der Waals surface area contributed by atoms with Crippen molar-refractivity contribution in [2.24, 2.45) is 5.92 Å². The minimum absolute atomic E-state index is 0.0529. The summed E-state index contributed by atoms with van der Waals surface area (Å²) in [5.74, 6) is -0.366. The van der Waals surface area contributed by atoms with E-state index in [0.717, 1.165) is 5.56 Å². The lowest BCUT2D eigenvalue weighted by Crippen LogP contribution is -2.35. The average molecular weight is 302 g/mol. The largest absolute Gasteiger partial charge is 0.348 e. The maximum absolute atomic E-state index is 12.0. The Bertz CT molecular complexity index is 544. The third kappa shape index (κ3) is 3.70. The second-order valence-corrected chi connectivity index (χ2v) is 7.26. The molecular formula is C13H16ClNO3S. The number of amides is 1. The van der Waals surface area contributed by atoms with Crippen molar-refractivity contribution < 1.29 is 13.2 Å². The van der Waals surface area contributed by atoms with Crippen molar-refractivity contribution in [1.29, 1.82) is 0 Å². The molecule has 1 fully saturated rings. The number of carbonyl (C=O) groups excluding carboxylic acids is 1. The summed E-state index contributed by atoms with van der Waals surface area (Å²) >= 11 is 5.88. The van der Waals surface area contributed by atoms with Crippen molar-refractivity contribution in [3.05, 3.63) is 35.9 Å². The minimum Gasteiger partial charge on any atom is -0.348 e. The molecule has 2 atom stereocenters. The van der Waals surface area contributed by atoms with Gasteiger partial charge in [-0.05, 0) is 12.0 Å². The van der Waals surface area contributed by atoms with Crippen LogP contribution in [0.15, 0.2) is 30.3 Å². The minimum atomic E-state index is -3.04. The fourth-order valence-electron chi connectivity index (χ4n) is 2.19. The van der Waals surface area contributed by atoms with E-state index in [4.69, 9.17) is 11.6 Å². The number of carbonyl (C=O) groups is 1. The van der Waals surface area contributed by atoms with Gasteiger partial charge in [0.05, 0.1) is 23.5 Å². The van der Waals surface area contributed by atoms with Crippen LogP contribution in [0.1, 0.15) is 18.0 Å². The molecule has 0 saturated carbocycles. The third-order valence-electron chi connectivity index (χ3n) is 3.28. The van der Waals surface area contributed by atoms with E-state index in [0.29, 0.717) is 6.42 Å². The zero-order valence-corrected chi connectivity index (χ0v) is 12.0. The molecule has 19 heavy (non-hydrogen) atoms. The van der Waals surface area contributed by atoms with Crippen LogP contribution in [0, 0.1) is 5.92 Å². The van der Waals surface area contributed by atoms with Gasteiger partial charge in [0.25, 0.3) is 0 Å². The number of rotatable bonds is 4. The summed E-state index contributed by atoms with van der Waals surface area (Å²) in [6.07, 6.45) is 0.401. The van der Waals surface area contributed by atoms with Crippen LogP contribution in [-0.2, 0) is 14.6 Å². The van der Waals surface area contributed by atoms with E-state index < -0.39 is 15.8 Å². The Labute approximate surface area is 118 Å². The number of hydrogen-bond acceptors (Lipinski definition) is 3. The van der Waals surface area contributed by atoms with Crippen LogP contribution in [0.5, 0.6) is 0 Å². The van der Waals surface area contributed by atoms with Gasteiger partial charge in [0.2, 0.25) is 5.91 Å². The molecule has 1 saturated heterocycles. The number of sulfone groups is 1. The summed E-state index contributed by atoms with van der Waals surface area (Å²) in [6, 6.07) is 9.14. The van der Waals surface area contributed by atoms with Gasteiger partial charge in [0.1, 0.15) is 0 Å². The molecule has 2 unspecified atom stereocenters. The van der Waals surface area contributed by atoms with E-state index >= 15 is 0 Å². The van der Waals surface area contributed by atoms with E-state index in [9.17, 15) is 13.2 Å².